The van der Waals surface area contributed by atoms with Crippen molar-refractivity contribution < 1.29 is 22.7 Å². The molecule has 13 heteroatoms. The summed E-state index contributed by atoms with van der Waals surface area (Å²) < 4.78 is 32.2. The number of aromatic amines is 1. The summed E-state index contributed by atoms with van der Waals surface area (Å²) in [7, 11) is 4.01. The van der Waals surface area contributed by atoms with Gasteiger partial charge in [0, 0.05) is 39.0 Å². The van der Waals surface area contributed by atoms with Crippen LogP contribution in [-0.4, -0.2) is 57.5 Å². The fourth-order valence-electron chi connectivity index (χ4n) is 5.11. The van der Waals surface area contributed by atoms with Crippen LogP contribution in [0.1, 0.15) is 48.4 Å². The second-order valence-electron chi connectivity index (χ2n) is 11.3. The molecule has 3 N–H and O–H groups in total. The molecule has 0 aliphatic heterocycles. The van der Waals surface area contributed by atoms with Crippen LogP contribution in [0.25, 0.3) is 10.8 Å². The molecule has 1 saturated carbocycles. The fourth-order valence-corrected chi connectivity index (χ4v) is 8.05. The average Bonchev–Trinajstić information content (AvgIpc) is 3.85. The Balaban J connectivity index is 1.22. The summed E-state index contributed by atoms with van der Waals surface area (Å²) in [4.78, 5) is 41.2. The summed E-state index contributed by atoms with van der Waals surface area (Å²) in [6, 6.07) is 16.9. The van der Waals surface area contributed by atoms with Gasteiger partial charge in [-0.3, -0.25) is 10.1 Å². The minimum atomic E-state index is -3.44. The Kier molecular flexibility index (Phi) is 9.99. The number of ether oxygens (including phenoxy) is 1. The number of hydrogen-bond donors (Lipinski definition) is 3. The standard InChI is InChI=1S/C32H32BIN4O6S/c1-19(18-44-32(41)37-23-6-10-30(22(13-23)16-38(2)33)45(42,43)25-7-8-25)26-9-4-21(14-28(26)34)29(17-39)36-24-5-3-20-11-12-35-31(40)27(20)15-24/h3-6,9-15,17,19,25,29,36H,7-8,16,18H2,1-2H3,(H,35,40)(H,37,41)/t19-,29?/m0/s1. The van der Waals surface area contributed by atoms with Gasteiger partial charge < -0.3 is 24.6 Å². The van der Waals surface area contributed by atoms with E-state index in [4.69, 9.17) is 12.7 Å². The Morgan fingerprint density at radius 3 is 2.58 bits per heavy atom. The van der Waals surface area contributed by atoms with Crippen molar-refractivity contribution in [3.8, 4) is 0 Å². The number of sulfone groups is 1. The zero-order chi connectivity index (χ0) is 32.3. The number of aromatic nitrogens is 1. The molecule has 2 atom stereocenters. The Morgan fingerprint density at radius 2 is 1.89 bits per heavy atom. The van der Waals surface area contributed by atoms with Crippen LogP contribution in [0, 0.1) is 3.57 Å². The van der Waals surface area contributed by atoms with Gasteiger partial charge >= 0.3 is 6.09 Å². The topological polar surface area (TPSA) is 138 Å². The first-order chi connectivity index (χ1) is 21.5. The molecule has 232 valence electrons. The second kappa shape index (κ2) is 13.8. The Morgan fingerprint density at radius 1 is 1.13 bits per heavy atom. The highest BCUT2D eigenvalue weighted by Crippen LogP contribution is 2.36. The van der Waals surface area contributed by atoms with Crippen molar-refractivity contribution in [1.82, 2.24) is 9.79 Å². The van der Waals surface area contributed by atoms with E-state index >= 15 is 0 Å². The van der Waals surface area contributed by atoms with E-state index < -0.39 is 22.0 Å². The first-order valence-electron chi connectivity index (χ1n) is 14.4. The lowest BCUT2D eigenvalue weighted by atomic mass is 9.98. The van der Waals surface area contributed by atoms with E-state index in [9.17, 15) is 22.8 Å². The van der Waals surface area contributed by atoms with E-state index in [2.05, 4.69) is 38.2 Å². The number of nitrogens with zero attached hydrogens (tertiary/aromatic N) is 1. The number of halogens is 1. The van der Waals surface area contributed by atoms with Gasteiger partial charge in [0.15, 0.2) is 17.8 Å². The van der Waals surface area contributed by atoms with E-state index in [-0.39, 0.29) is 34.8 Å². The zero-order valence-corrected chi connectivity index (χ0v) is 27.7. The van der Waals surface area contributed by atoms with Crippen LogP contribution in [0.2, 0.25) is 0 Å². The summed E-state index contributed by atoms with van der Waals surface area (Å²) in [6.07, 6.45) is 3.03. The van der Waals surface area contributed by atoms with Crippen molar-refractivity contribution in [2.45, 2.75) is 48.4 Å². The summed E-state index contributed by atoms with van der Waals surface area (Å²) in [5.41, 5.74) is 3.04. The minimum Gasteiger partial charge on any atom is -0.449 e. The molecule has 1 fully saturated rings. The molecule has 0 saturated heterocycles. The number of hydrogen-bond acceptors (Lipinski definition) is 8. The van der Waals surface area contributed by atoms with Crippen LogP contribution >= 0.6 is 22.6 Å². The molecule has 4 aromatic rings. The quantitative estimate of drug-likeness (QED) is 0.101. The number of pyridine rings is 1. The third-order valence-electron chi connectivity index (χ3n) is 7.61. The summed E-state index contributed by atoms with van der Waals surface area (Å²) in [6.45, 7) is 2.22. The van der Waals surface area contributed by atoms with E-state index in [0.29, 0.717) is 35.2 Å². The minimum absolute atomic E-state index is 0.0920. The zero-order valence-electron chi connectivity index (χ0n) is 24.7. The lowest BCUT2D eigenvalue weighted by Gasteiger charge is -2.19. The van der Waals surface area contributed by atoms with Crippen molar-refractivity contribution in [2.75, 3.05) is 24.3 Å². The molecule has 1 heterocycles. The molecule has 10 nitrogen and oxygen atoms in total. The average molecular weight is 738 g/mol. The van der Waals surface area contributed by atoms with E-state index in [1.54, 1.807) is 31.4 Å². The third kappa shape index (κ3) is 7.76. The van der Waals surface area contributed by atoms with E-state index in [1.807, 2.05) is 43.3 Å². The SMILES string of the molecule is [B]N(C)Cc1cc(NC(=O)OC[C@H](C)c2ccc(C(C=O)Nc3ccc4cc[nH]c(=O)c4c3)cc2I)ccc1S(=O)(=O)C1CC1. The number of carbonyl (C=O) groups is 2. The molecule has 1 amide bonds. The molecule has 2 radical (unpaired) electrons. The van der Waals surface area contributed by atoms with Crippen molar-refractivity contribution in [3.63, 3.8) is 0 Å². The fraction of sp³-hybridized carbons (Fsp3) is 0.281. The van der Waals surface area contributed by atoms with Crippen LogP contribution in [0.3, 0.4) is 0 Å². The number of nitrogens with one attached hydrogen (secondary N) is 3. The van der Waals surface area contributed by atoms with Crippen LogP contribution in [0.15, 0.2) is 76.6 Å². The normalized spacial score (nSPS) is 14.6. The van der Waals surface area contributed by atoms with Gasteiger partial charge in [0.25, 0.3) is 5.56 Å². The molecular formula is C32H32BIN4O6S. The molecule has 1 unspecified atom stereocenters. The first-order valence-corrected chi connectivity index (χ1v) is 17.0. The molecule has 3 aromatic carbocycles. The Labute approximate surface area is 276 Å². The molecule has 1 aliphatic rings. The van der Waals surface area contributed by atoms with Gasteiger partial charge in [-0.25, -0.2) is 13.2 Å². The number of fused-ring (bicyclic) bond motifs is 1. The third-order valence-corrected chi connectivity index (χ3v) is 10.9. The van der Waals surface area contributed by atoms with Crippen LogP contribution in [0.4, 0.5) is 16.2 Å². The number of carbonyl (C=O) groups excluding carboxylic acids is 2. The molecule has 0 spiro atoms. The predicted molar refractivity (Wildman–Crippen MR) is 183 cm³/mol. The second-order valence-corrected chi connectivity index (χ2v) is 14.6. The predicted octanol–water partition coefficient (Wildman–Crippen LogP) is 5.29. The van der Waals surface area contributed by atoms with Gasteiger partial charge in [-0.1, -0.05) is 25.1 Å². The van der Waals surface area contributed by atoms with Crippen LogP contribution in [-0.2, 0) is 25.9 Å². The first kappa shape index (κ1) is 32.7. The van der Waals surface area contributed by atoms with Gasteiger partial charge in [-0.05, 0) is 107 Å². The number of H-pyrrole nitrogens is 1. The summed E-state index contributed by atoms with van der Waals surface area (Å²) >= 11 is 2.20. The molecule has 5 rings (SSSR count). The smallest absolute Gasteiger partial charge is 0.411 e. The monoisotopic (exact) mass is 738 g/mol. The Bertz CT molecular complexity index is 1910. The lowest BCUT2D eigenvalue weighted by Crippen LogP contribution is -2.20. The highest BCUT2D eigenvalue weighted by atomic mass is 127. The maximum Gasteiger partial charge on any atom is 0.411 e. The maximum absolute atomic E-state index is 12.9. The van der Waals surface area contributed by atoms with Gasteiger partial charge in [0.05, 0.1) is 16.8 Å². The number of anilines is 2. The van der Waals surface area contributed by atoms with Gasteiger partial charge in [-0.15, -0.1) is 0 Å². The van der Waals surface area contributed by atoms with Crippen molar-refractivity contribution >= 4 is 74.9 Å². The lowest BCUT2D eigenvalue weighted by molar-refractivity contribution is -0.108. The largest absolute Gasteiger partial charge is 0.449 e. The van der Waals surface area contributed by atoms with Gasteiger partial charge in [-0.2, -0.15) is 0 Å². The van der Waals surface area contributed by atoms with Crippen molar-refractivity contribution in [3.05, 3.63) is 97.5 Å². The molecular weight excluding hydrogens is 706 g/mol. The molecule has 0 bridgehead atoms. The highest BCUT2D eigenvalue weighted by molar-refractivity contribution is 14.1. The number of rotatable bonds is 12. The van der Waals surface area contributed by atoms with Gasteiger partial charge in [0.2, 0.25) is 0 Å². The number of aldehydes is 1. The van der Waals surface area contributed by atoms with E-state index in [0.717, 1.165) is 26.4 Å². The number of benzene rings is 3. The van der Waals surface area contributed by atoms with Crippen LogP contribution < -0.4 is 16.2 Å². The van der Waals surface area contributed by atoms with Crippen molar-refractivity contribution in [2.24, 2.45) is 0 Å². The number of amides is 1. The van der Waals surface area contributed by atoms with E-state index in [1.165, 1.54) is 10.9 Å². The highest BCUT2D eigenvalue weighted by Gasteiger charge is 2.38. The van der Waals surface area contributed by atoms with Gasteiger partial charge in [0.1, 0.15) is 12.3 Å². The van der Waals surface area contributed by atoms with Crippen molar-refractivity contribution in [1.29, 1.82) is 0 Å². The Hall–Kier alpha value is -3.69. The molecule has 1 aliphatic carbocycles. The van der Waals surface area contributed by atoms with Crippen LogP contribution in [0.5, 0.6) is 0 Å². The molecule has 1 aromatic heterocycles. The summed E-state index contributed by atoms with van der Waals surface area (Å²) in [5, 5.41) is 6.84. The summed E-state index contributed by atoms with van der Waals surface area (Å²) in [5.74, 6) is -0.154. The maximum atomic E-state index is 12.9. The molecule has 45 heavy (non-hydrogen) atoms.